The Morgan fingerprint density at radius 2 is 2.09 bits per heavy atom. The van der Waals surface area contributed by atoms with Gasteiger partial charge < -0.3 is 15.4 Å². The number of piperidine rings is 1. The van der Waals surface area contributed by atoms with E-state index in [0.29, 0.717) is 13.2 Å². The van der Waals surface area contributed by atoms with Gasteiger partial charge in [-0.3, -0.25) is 4.79 Å². The first kappa shape index (κ1) is 18.8. The molecule has 0 aromatic heterocycles. The lowest BCUT2D eigenvalue weighted by molar-refractivity contribution is -0.138. The summed E-state index contributed by atoms with van der Waals surface area (Å²) in [5, 5.41) is 0. The summed E-state index contributed by atoms with van der Waals surface area (Å²) >= 11 is 0. The van der Waals surface area contributed by atoms with Gasteiger partial charge in [0, 0.05) is 25.0 Å². The fraction of sp³-hybridized carbons (Fsp3) is 0.588. The van der Waals surface area contributed by atoms with Gasteiger partial charge in [-0.15, -0.1) is 12.4 Å². The van der Waals surface area contributed by atoms with Gasteiger partial charge >= 0.3 is 0 Å². The standard InChI is InChI=1S/C17H26N2O2.ClH/c1-14(10-12-21-16-8-3-2-4-9-16)17(20)19-11-6-5-7-15(19)13-18;/h2-4,8-9,14-15H,5-7,10-13,18H2,1H3;1H. The maximum atomic E-state index is 12.5. The van der Waals surface area contributed by atoms with Crippen LogP contribution < -0.4 is 10.5 Å². The molecule has 0 spiro atoms. The molecule has 1 saturated heterocycles. The predicted molar refractivity (Wildman–Crippen MR) is 91.4 cm³/mol. The summed E-state index contributed by atoms with van der Waals surface area (Å²) in [4.78, 5) is 14.5. The Kier molecular flexibility index (Phi) is 8.28. The first-order valence-electron chi connectivity index (χ1n) is 7.90. The second-order valence-electron chi connectivity index (χ2n) is 5.77. The van der Waals surface area contributed by atoms with E-state index in [1.165, 1.54) is 6.42 Å². The first-order chi connectivity index (χ1) is 10.2. The van der Waals surface area contributed by atoms with Crippen LogP contribution in [0.2, 0.25) is 0 Å². The van der Waals surface area contributed by atoms with Gasteiger partial charge in [0.1, 0.15) is 5.75 Å². The third-order valence-electron chi connectivity index (χ3n) is 4.17. The van der Waals surface area contributed by atoms with Crippen molar-refractivity contribution in [2.45, 2.75) is 38.6 Å². The fourth-order valence-corrected chi connectivity index (χ4v) is 2.81. The highest BCUT2D eigenvalue weighted by atomic mass is 35.5. The Bertz CT molecular complexity index is 442. The molecule has 1 aromatic carbocycles. The van der Waals surface area contributed by atoms with Crippen LogP contribution >= 0.6 is 12.4 Å². The van der Waals surface area contributed by atoms with Crippen LogP contribution in [0, 0.1) is 5.92 Å². The molecule has 1 aliphatic rings. The number of para-hydroxylation sites is 1. The number of hydrogen-bond donors (Lipinski definition) is 1. The van der Waals surface area contributed by atoms with Crippen molar-refractivity contribution in [1.82, 2.24) is 4.90 Å². The summed E-state index contributed by atoms with van der Waals surface area (Å²) in [6.45, 7) is 3.97. The Hall–Kier alpha value is -1.26. The van der Waals surface area contributed by atoms with Crippen molar-refractivity contribution in [1.29, 1.82) is 0 Å². The van der Waals surface area contributed by atoms with Gasteiger partial charge in [-0.2, -0.15) is 0 Å². The molecule has 2 rings (SSSR count). The van der Waals surface area contributed by atoms with Crippen LogP contribution in [0.4, 0.5) is 0 Å². The van der Waals surface area contributed by atoms with E-state index in [2.05, 4.69) is 0 Å². The van der Waals surface area contributed by atoms with Crippen LogP contribution in [-0.4, -0.2) is 36.5 Å². The Morgan fingerprint density at radius 3 is 2.77 bits per heavy atom. The first-order valence-corrected chi connectivity index (χ1v) is 7.90. The zero-order valence-electron chi connectivity index (χ0n) is 13.2. The second-order valence-corrected chi connectivity index (χ2v) is 5.77. The summed E-state index contributed by atoms with van der Waals surface area (Å²) in [7, 11) is 0. The van der Waals surface area contributed by atoms with Crippen molar-refractivity contribution >= 4 is 18.3 Å². The maximum absolute atomic E-state index is 12.5. The molecule has 2 N–H and O–H groups in total. The van der Waals surface area contributed by atoms with Crippen LogP contribution in [0.25, 0.3) is 0 Å². The monoisotopic (exact) mass is 326 g/mol. The highest BCUT2D eigenvalue weighted by Gasteiger charge is 2.28. The Labute approximate surface area is 139 Å². The minimum absolute atomic E-state index is 0. The van der Waals surface area contributed by atoms with E-state index >= 15 is 0 Å². The van der Waals surface area contributed by atoms with Gasteiger partial charge in [0.2, 0.25) is 5.91 Å². The lowest BCUT2D eigenvalue weighted by Crippen LogP contribution is -2.49. The molecule has 1 heterocycles. The molecule has 0 bridgehead atoms. The summed E-state index contributed by atoms with van der Waals surface area (Å²) in [5.41, 5.74) is 5.79. The third-order valence-corrected chi connectivity index (χ3v) is 4.17. The van der Waals surface area contributed by atoms with E-state index in [0.717, 1.165) is 31.6 Å². The molecule has 2 unspecified atom stereocenters. The average Bonchev–Trinajstić information content (AvgIpc) is 2.55. The minimum Gasteiger partial charge on any atom is -0.494 e. The van der Waals surface area contributed by atoms with Crippen LogP contribution in [0.1, 0.15) is 32.6 Å². The summed E-state index contributed by atoms with van der Waals surface area (Å²) in [5.74, 6) is 1.07. The lowest BCUT2D eigenvalue weighted by Gasteiger charge is -2.36. The number of nitrogens with zero attached hydrogens (tertiary/aromatic N) is 1. The van der Waals surface area contributed by atoms with Gasteiger partial charge in [-0.1, -0.05) is 25.1 Å². The van der Waals surface area contributed by atoms with E-state index in [4.69, 9.17) is 10.5 Å². The number of halogens is 1. The van der Waals surface area contributed by atoms with Crippen molar-refractivity contribution in [3.05, 3.63) is 30.3 Å². The molecular formula is C17H27ClN2O2. The molecule has 5 heteroatoms. The molecule has 124 valence electrons. The van der Waals surface area contributed by atoms with Crippen molar-refractivity contribution in [3.8, 4) is 5.75 Å². The minimum atomic E-state index is -0.0131. The number of ether oxygens (including phenoxy) is 1. The second kappa shape index (κ2) is 9.70. The molecule has 1 amide bonds. The van der Waals surface area contributed by atoms with Crippen LogP contribution in [-0.2, 0) is 4.79 Å². The summed E-state index contributed by atoms with van der Waals surface area (Å²) in [6.07, 6.45) is 4.05. The van der Waals surface area contributed by atoms with Crippen molar-refractivity contribution in [3.63, 3.8) is 0 Å². The summed E-state index contributed by atoms with van der Waals surface area (Å²) in [6, 6.07) is 9.95. The van der Waals surface area contributed by atoms with Gasteiger partial charge in [0.05, 0.1) is 6.61 Å². The van der Waals surface area contributed by atoms with Gasteiger partial charge in [0.25, 0.3) is 0 Å². The number of rotatable bonds is 6. The molecule has 0 aliphatic carbocycles. The van der Waals surface area contributed by atoms with E-state index in [1.807, 2.05) is 42.2 Å². The van der Waals surface area contributed by atoms with Gasteiger partial charge in [0.15, 0.2) is 0 Å². The third kappa shape index (κ3) is 5.18. The molecule has 1 aliphatic heterocycles. The quantitative estimate of drug-likeness (QED) is 0.874. The van der Waals surface area contributed by atoms with Gasteiger partial charge in [-0.05, 0) is 37.8 Å². The largest absolute Gasteiger partial charge is 0.494 e. The maximum Gasteiger partial charge on any atom is 0.225 e. The number of nitrogens with two attached hydrogens (primary N) is 1. The highest BCUT2D eigenvalue weighted by molar-refractivity contribution is 5.85. The number of amides is 1. The van der Waals surface area contributed by atoms with E-state index in [9.17, 15) is 4.79 Å². The van der Waals surface area contributed by atoms with E-state index in [1.54, 1.807) is 0 Å². The normalized spacial score (nSPS) is 19.2. The number of likely N-dealkylation sites (tertiary alicyclic amines) is 1. The predicted octanol–water partition coefficient (Wildman–Crippen LogP) is 2.85. The molecular weight excluding hydrogens is 300 g/mol. The highest BCUT2D eigenvalue weighted by Crippen LogP contribution is 2.20. The van der Waals surface area contributed by atoms with Crippen LogP contribution in [0.15, 0.2) is 30.3 Å². The Morgan fingerprint density at radius 1 is 1.36 bits per heavy atom. The number of benzene rings is 1. The lowest BCUT2D eigenvalue weighted by atomic mass is 9.98. The molecule has 1 fully saturated rings. The number of carbonyl (C=O) groups excluding carboxylic acids is 1. The van der Waals surface area contributed by atoms with Crippen molar-refractivity contribution in [2.75, 3.05) is 19.7 Å². The smallest absolute Gasteiger partial charge is 0.225 e. The molecule has 2 atom stereocenters. The average molecular weight is 327 g/mol. The van der Waals surface area contributed by atoms with Gasteiger partial charge in [-0.25, -0.2) is 0 Å². The molecule has 4 nitrogen and oxygen atoms in total. The zero-order valence-corrected chi connectivity index (χ0v) is 14.1. The van der Waals surface area contributed by atoms with E-state index in [-0.39, 0.29) is 30.3 Å². The molecule has 0 saturated carbocycles. The summed E-state index contributed by atoms with van der Waals surface area (Å²) < 4.78 is 5.67. The van der Waals surface area contributed by atoms with E-state index < -0.39 is 0 Å². The molecule has 22 heavy (non-hydrogen) atoms. The molecule has 0 radical (unpaired) electrons. The van der Waals surface area contributed by atoms with Crippen molar-refractivity contribution in [2.24, 2.45) is 11.7 Å². The van der Waals surface area contributed by atoms with Crippen LogP contribution in [0.3, 0.4) is 0 Å². The topological polar surface area (TPSA) is 55.6 Å². The zero-order chi connectivity index (χ0) is 15.1. The molecule has 1 aromatic rings. The fourth-order valence-electron chi connectivity index (χ4n) is 2.81. The van der Waals surface area contributed by atoms with Crippen LogP contribution in [0.5, 0.6) is 5.75 Å². The number of hydrogen-bond acceptors (Lipinski definition) is 3. The SMILES string of the molecule is CC(CCOc1ccccc1)C(=O)N1CCCCC1CN.Cl. The number of carbonyl (C=O) groups is 1. The van der Waals surface area contributed by atoms with Crippen molar-refractivity contribution < 1.29 is 9.53 Å². The Balaban J connectivity index is 0.00000242.